The van der Waals surface area contributed by atoms with Gasteiger partial charge < -0.3 is 5.32 Å². The number of hydrogen-bond donors (Lipinski definition) is 1. The first-order valence-electron chi connectivity index (χ1n) is 6.42. The van der Waals surface area contributed by atoms with Crippen molar-refractivity contribution in [1.82, 2.24) is 9.97 Å². The highest BCUT2D eigenvalue weighted by Gasteiger charge is 2.14. The molecule has 2 aromatic heterocycles. The average molecular weight is 305 g/mol. The van der Waals surface area contributed by atoms with Crippen LogP contribution in [-0.2, 0) is 0 Å². The highest BCUT2D eigenvalue weighted by atomic mass is 32.1. The summed E-state index contributed by atoms with van der Waals surface area (Å²) in [5.41, 5.74) is 1.26. The largest absolute Gasteiger partial charge is 0.337 e. The van der Waals surface area contributed by atoms with Gasteiger partial charge in [-0.3, -0.25) is 0 Å². The number of benzene rings is 1. The molecule has 0 saturated heterocycles. The number of rotatable bonds is 2. The zero-order valence-electron chi connectivity index (χ0n) is 11.8. The fourth-order valence-electron chi connectivity index (χ4n) is 2.17. The van der Waals surface area contributed by atoms with E-state index in [-0.39, 0.29) is 5.69 Å². The van der Waals surface area contributed by atoms with Crippen molar-refractivity contribution in [3.05, 3.63) is 46.1 Å². The van der Waals surface area contributed by atoms with Crippen molar-refractivity contribution in [2.45, 2.75) is 20.8 Å². The first-order chi connectivity index (χ1) is 9.95. The number of halogens is 2. The van der Waals surface area contributed by atoms with E-state index in [0.717, 1.165) is 26.7 Å². The second-order valence-electron chi connectivity index (χ2n) is 4.83. The molecule has 0 unspecified atom stereocenters. The molecule has 1 N–H and O–H groups in total. The molecule has 3 nitrogen and oxygen atoms in total. The molecule has 1 aromatic carbocycles. The maximum atomic E-state index is 13.8. The Morgan fingerprint density at radius 3 is 2.57 bits per heavy atom. The van der Waals surface area contributed by atoms with Gasteiger partial charge in [-0.15, -0.1) is 11.3 Å². The van der Waals surface area contributed by atoms with Crippen LogP contribution in [-0.4, -0.2) is 9.97 Å². The average Bonchev–Trinajstić information content (AvgIpc) is 2.68. The number of thiophene rings is 1. The lowest BCUT2D eigenvalue weighted by molar-refractivity contribution is 0.586. The van der Waals surface area contributed by atoms with Crippen molar-refractivity contribution < 1.29 is 8.78 Å². The molecule has 6 heteroatoms. The Morgan fingerprint density at radius 2 is 1.86 bits per heavy atom. The fourth-order valence-corrected chi connectivity index (χ4v) is 3.24. The van der Waals surface area contributed by atoms with Gasteiger partial charge in [0.2, 0.25) is 0 Å². The van der Waals surface area contributed by atoms with Gasteiger partial charge in [0.05, 0.1) is 11.1 Å². The number of aromatic nitrogens is 2. The van der Waals surface area contributed by atoms with Crippen LogP contribution in [0.25, 0.3) is 10.2 Å². The molecule has 3 aromatic rings. The summed E-state index contributed by atoms with van der Waals surface area (Å²) in [4.78, 5) is 10.8. The summed E-state index contributed by atoms with van der Waals surface area (Å²) in [6.45, 7) is 5.79. The van der Waals surface area contributed by atoms with Crippen LogP contribution in [0.4, 0.5) is 20.3 Å². The predicted molar refractivity (Wildman–Crippen MR) is 81.3 cm³/mol. The smallest absolute Gasteiger partial charge is 0.149 e. The molecule has 3 rings (SSSR count). The van der Waals surface area contributed by atoms with Gasteiger partial charge in [0.25, 0.3) is 0 Å². The second kappa shape index (κ2) is 5.04. The van der Waals surface area contributed by atoms with Gasteiger partial charge in [-0.2, -0.15) is 0 Å². The summed E-state index contributed by atoms with van der Waals surface area (Å²) in [7, 11) is 0. The Labute approximate surface area is 124 Å². The van der Waals surface area contributed by atoms with Gasteiger partial charge in [0.15, 0.2) is 0 Å². The van der Waals surface area contributed by atoms with E-state index in [2.05, 4.69) is 15.3 Å². The van der Waals surface area contributed by atoms with Gasteiger partial charge in [-0.25, -0.2) is 18.7 Å². The van der Waals surface area contributed by atoms with Crippen LogP contribution in [0.3, 0.4) is 0 Å². The van der Waals surface area contributed by atoms with Crippen LogP contribution in [0.1, 0.15) is 16.3 Å². The fraction of sp³-hybridized carbons (Fsp3) is 0.200. The van der Waals surface area contributed by atoms with Crippen molar-refractivity contribution in [3.63, 3.8) is 0 Å². The maximum absolute atomic E-state index is 13.8. The summed E-state index contributed by atoms with van der Waals surface area (Å²) in [5, 5.41) is 3.83. The minimum atomic E-state index is -0.649. The number of nitrogens with one attached hydrogen (secondary N) is 1. The Bertz CT molecular complexity index is 843. The Hall–Kier alpha value is -2.08. The highest BCUT2D eigenvalue weighted by molar-refractivity contribution is 7.18. The van der Waals surface area contributed by atoms with E-state index < -0.39 is 11.6 Å². The molecular formula is C15H13F2N3S. The Morgan fingerprint density at radius 1 is 1.10 bits per heavy atom. The first kappa shape index (κ1) is 13.9. The third-order valence-electron chi connectivity index (χ3n) is 3.32. The normalized spacial score (nSPS) is 11.1. The van der Waals surface area contributed by atoms with E-state index in [1.54, 1.807) is 18.3 Å². The number of hydrogen-bond acceptors (Lipinski definition) is 4. The topological polar surface area (TPSA) is 37.8 Å². The van der Waals surface area contributed by atoms with Crippen molar-refractivity contribution >= 4 is 33.1 Å². The molecule has 0 spiro atoms. The first-order valence-corrected chi connectivity index (χ1v) is 7.24. The molecule has 0 radical (unpaired) electrons. The van der Waals surface area contributed by atoms with E-state index >= 15 is 0 Å². The predicted octanol–water partition coefficient (Wildman–Crippen LogP) is 4.64. The van der Waals surface area contributed by atoms with Gasteiger partial charge >= 0.3 is 0 Å². The van der Waals surface area contributed by atoms with E-state index in [0.29, 0.717) is 11.6 Å². The standard InChI is InChI=1S/C15H13F2N3S/c1-7-8(2)21-15-13(7)14(18-9(3)19-15)20-12-5-4-10(16)6-11(12)17/h4-6H,1-3H3,(H,18,19,20). The molecule has 0 aliphatic carbocycles. The Balaban J connectivity index is 2.15. The van der Waals surface area contributed by atoms with Crippen molar-refractivity contribution in [2.75, 3.05) is 5.32 Å². The molecule has 0 atom stereocenters. The molecule has 21 heavy (non-hydrogen) atoms. The summed E-state index contributed by atoms with van der Waals surface area (Å²) in [6.07, 6.45) is 0. The minimum absolute atomic E-state index is 0.194. The molecule has 0 bridgehead atoms. The van der Waals surface area contributed by atoms with Crippen molar-refractivity contribution in [2.24, 2.45) is 0 Å². The molecule has 108 valence electrons. The zero-order valence-corrected chi connectivity index (χ0v) is 12.6. The van der Waals surface area contributed by atoms with Gasteiger partial charge in [-0.1, -0.05) is 0 Å². The van der Waals surface area contributed by atoms with Crippen LogP contribution >= 0.6 is 11.3 Å². The third kappa shape index (κ3) is 2.47. The SMILES string of the molecule is Cc1nc(Nc2ccc(F)cc2F)c2c(C)c(C)sc2n1. The Kier molecular flexibility index (Phi) is 3.33. The highest BCUT2D eigenvalue weighted by Crippen LogP contribution is 2.34. The molecule has 0 fully saturated rings. The number of aryl methyl sites for hydroxylation is 3. The second-order valence-corrected chi connectivity index (χ2v) is 6.04. The summed E-state index contributed by atoms with van der Waals surface area (Å²) in [6, 6.07) is 3.42. The van der Waals surface area contributed by atoms with E-state index in [9.17, 15) is 8.78 Å². The molecular weight excluding hydrogens is 292 g/mol. The van der Waals surface area contributed by atoms with Crippen molar-refractivity contribution in [1.29, 1.82) is 0 Å². The van der Waals surface area contributed by atoms with E-state index in [4.69, 9.17) is 0 Å². The summed E-state index contributed by atoms with van der Waals surface area (Å²) < 4.78 is 26.8. The van der Waals surface area contributed by atoms with Crippen molar-refractivity contribution in [3.8, 4) is 0 Å². The van der Waals surface area contributed by atoms with E-state index in [1.807, 2.05) is 13.8 Å². The molecule has 0 aliphatic heterocycles. The molecule has 0 aliphatic rings. The molecule has 0 amide bonds. The number of nitrogens with zero attached hydrogens (tertiary/aromatic N) is 2. The molecule has 0 saturated carbocycles. The minimum Gasteiger partial charge on any atom is -0.337 e. The van der Waals surface area contributed by atoms with Crippen LogP contribution in [0.15, 0.2) is 18.2 Å². The summed E-state index contributed by atoms with van der Waals surface area (Å²) in [5.74, 6) is -0.104. The van der Waals surface area contributed by atoms with Gasteiger partial charge in [-0.05, 0) is 38.5 Å². The van der Waals surface area contributed by atoms with Crippen LogP contribution in [0.5, 0.6) is 0 Å². The van der Waals surface area contributed by atoms with E-state index in [1.165, 1.54) is 12.1 Å². The zero-order chi connectivity index (χ0) is 15.1. The molecule has 2 heterocycles. The van der Waals surface area contributed by atoms with Gasteiger partial charge in [0, 0.05) is 10.9 Å². The van der Waals surface area contributed by atoms with Gasteiger partial charge in [0.1, 0.15) is 28.1 Å². The number of fused-ring (bicyclic) bond motifs is 1. The van der Waals surface area contributed by atoms with Crippen LogP contribution in [0.2, 0.25) is 0 Å². The lowest BCUT2D eigenvalue weighted by Crippen LogP contribution is -2.00. The quantitative estimate of drug-likeness (QED) is 0.749. The van der Waals surface area contributed by atoms with Crippen LogP contribution in [0, 0.1) is 32.4 Å². The lowest BCUT2D eigenvalue weighted by Gasteiger charge is -2.09. The third-order valence-corrected chi connectivity index (χ3v) is 4.43. The summed E-state index contributed by atoms with van der Waals surface area (Å²) >= 11 is 1.58. The monoisotopic (exact) mass is 305 g/mol. The van der Waals surface area contributed by atoms with Crippen LogP contribution < -0.4 is 5.32 Å². The maximum Gasteiger partial charge on any atom is 0.149 e. The number of anilines is 2. The lowest BCUT2D eigenvalue weighted by atomic mass is 10.2.